The Morgan fingerprint density at radius 3 is 2.50 bits per heavy atom. The Labute approximate surface area is 286 Å². The van der Waals surface area contributed by atoms with Crippen molar-refractivity contribution in [2.75, 3.05) is 57.5 Å². The van der Waals surface area contributed by atoms with Gasteiger partial charge in [-0.15, -0.1) is 0 Å². The van der Waals surface area contributed by atoms with E-state index in [1.165, 1.54) is 36.5 Å². The molecule has 2 aromatic heterocycles. The summed E-state index contributed by atoms with van der Waals surface area (Å²) >= 11 is 0. The van der Waals surface area contributed by atoms with Gasteiger partial charge >= 0.3 is 6.18 Å². The molecule has 6 rings (SSSR count). The number of benzene rings is 2. The topological polar surface area (TPSA) is 107 Å². The van der Waals surface area contributed by atoms with Gasteiger partial charge in [-0.1, -0.05) is 24.0 Å². The lowest BCUT2D eigenvalue weighted by atomic mass is 10.0. The first-order chi connectivity index (χ1) is 23.9. The van der Waals surface area contributed by atoms with Gasteiger partial charge in [-0.3, -0.25) is 14.5 Å². The van der Waals surface area contributed by atoms with E-state index in [0.717, 1.165) is 24.8 Å². The van der Waals surface area contributed by atoms with Crippen LogP contribution in [0.3, 0.4) is 0 Å². The molecule has 0 spiro atoms. The lowest BCUT2D eigenvalue weighted by Gasteiger charge is -2.33. The zero-order valence-electron chi connectivity index (χ0n) is 27.8. The quantitative estimate of drug-likeness (QED) is 0.197. The largest absolute Gasteiger partial charge is 0.416 e. The molecule has 260 valence electrons. The van der Waals surface area contributed by atoms with Crippen LogP contribution in [0, 0.1) is 17.7 Å². The molecule has 2 aromatic carbocycles. The molecular formula is C36H36F4N8O2. The highest BCUT2D eigenvalue weighted by Crippen LogP contribution is 2.35. The average molecular weight is 689 g/mol. The molecule has 0 aliphatic carbocycles. The van der Waals surface area contributed by atoms with E-state index in [9.17, 15) is 27.2 Å². The van der Waals surface area contributed by atoms with Gasteiger partial charge in [0.25, 0.3) is 5.91 Å². The van der Waals surface area contributed by atoms with Gasteiger partial charge in [0.2, 0.25) is 11.9 Å². The van der Waals surface area contributed by atoms with Crippen molar-refractivity contribution in [3.05, 3.63) is 93.6 Å². The fourth-order valence-corrected chi connectivity index (χ4v) is 6.15. The Morgan fingerprint density at radius 1 is 1.02 bits per heavy atom. The van der Waals surface area contributed by atoms with E-state index in [2.05, 4.69) is 42.7 Å². The number of likely N-dealkylation sites (N-methyl/N-ethyl adjacent to an activating group) is 1. The first kappa shape index (κ1) is 34.6. The van der Waals surface area contributed by atoms with Gasteiger partial charge in [0, 0.05) is 77.4 Å². The van der Waals surface area contributed by atoms with Crippen LogP contribution in [0.25, 0.3) is 11.4 Å². The van der Waals surface area contributed by atoms with Crippen LogP contribution >= 0.6 is 0 Å². The molecule has 0 saturated carbocycles. The number of carbonyl (C=O) groups excluding carboxylic acids is 2. The molecule has 4 heterocycles. The maximum Gasteiger partial charge on any atom is 0.416 e. The number of anilines is 2. The van der Waals surface area contributed by atoms with E-state index >= 15 is 0 Å². The number of piperazine rings is 1. The fraction of sp³-hybridized carbons (Fsp3) is 0.333. The second-order valence-electron chi connectivity index (χ2n) is 12.4. The molecule has 4 aromatic rings. The Balaban J connectivity index is 1.21. The number of aromatic nitrogens is 3. The van der Waals surface area contributed by atoms with Crippen molar-refractivity contribution in [1.82, 2.24) is 29.7 Å². The minimum Gasteiger partial charge on any atom is -0.357 e. The van der Waals surface area contributed by atoms with Crippen molar-refractivity contribution < 1.29 is 27.2 Å². The molecule has 2 amide bonds. The van der Waals surface area contributed by atoms with Gasteiger partial charge in [-0.25, -0.2) is 14.4 Å². The number of nitrogens with zero attached hydrogens (tertiary/aromatic N) is 5. The van der Waals surface area contributed by atoms with Crippen molar-refractivity contribution >= 4 is 23.5 Å². The molecular weight excluding hydrogens is 652 g/mol. The Bertz CT molecular complexity index is 2010. The molecule has 2 aliphatic heterocycles. The molecule has 3 N–H and O–H groups in total. The zero-order chi connectivity index (χ0) is 35.6. The number of hydrogen-bond acceptors (Lipinski definition) is 7. The van der Waals surface area contributed by atoms with Crippen molar-refractivity contribution in [2.24, 2.45) is 7.05 Å². The predicted molar refractivity (Wildman–Crippen MR) is 181 cm³/mol. The number of fused-ring (bicyclic) bond motifs is 1. The Hall–Kier alpha value is -5.26. The molecule has 0 unspecified atom stereocenters. The van der Waals surface area contributed by atoms with Gasteiger partial charge in [0.05, 0.1) is 34.4 Å². The van der Waals surface area contributed by atoms with Crippen LogP contribution in [-0.4, -0.2) is 83.0 Å². The summed E-state index contributed by atoms with van der Waals surface area (Å²) in [6, 6.07) is 9.62. The smallest absolute Gasteiger partial charge is 0.357 e. The van der Waals surface area contributed by atoms with Crippen LogP contribution in [0.1, 0.15) is 43.9 Å². The summed E-state index contributed by atoms with van der Waals surface area (Å²) in [5.74, 6) is 4.74. The molecule has 1 fully saturated rings. The molecule has 2 aliphatic rings. The van der Waals surface area contributed by atoms with E-state index < -0.39 is 23.5 Å². The number of alkyl halides is 3. The van der Waals surface area contributed by atoms with Crippen LogP contribution in [-0.2, 0) is 37.4 Å². The highest BCUT2D eigenvalue weighted by molar-refractivity contribution is 5.98. The summed E-state index contributed by atoms with van der Waals surface area (Å²) in [6.45, 7) is 3.58. The number of nitrogens with one attached hydrogen (secondary N) is 3. The summed E-state index contributed by atoms with van der Waals surface area (Å²) in [7, 11) is 5.49. The Kier molecular flexibility index (Phi) is 9.90. The lowest BCUT2D eigenvalue weighted by molar-refractivity contribution is -0.138. The zero-order valence-corrected chi connectivity index (χ0v) is 27.8. The minimum absolute atomic E-state index is 0.0112. The summed E-state index contributed by atoms with van der Waals surface area (Å²) in [5, 5.41) is 8.28. The van der Waals surface area contributed by atoms with Crippen LogP contribution in [0.2, 0.25) is 0 Å². The Morgan fingerprint density at radius 2 is 1.78 bits per heavy atom. The molecule has 14 heteroatoms. The van der Waals surface area contributed by atoms with E-state index in [1.807, 2.05) is 23.6 Å². The minimum atomic E-state index is -4.60. The van der Waals surface area contributed by atoms with Crippen molar-refractivity contribution in [1.29, 1.82) is 0 Å². The van der Waals surface area contributed by atoms with E-state index in [0.29, 0.717) is 60.1 Å². The number of hydrogen-bond donors (Lipinski definition) is 3. The van der Waals surface area contributed by atoms with Gasteiger partial charge < -0.3 is 25.4 Å². The third-order valence-corrected chi connectivity index (χ3v) is 8.92. The maximum atomic E-state index is 14.9. The molecule has 50 heavy (non-hydrogen) atoms. The standard InChI is InChI=1S/C36H36F4N8O2/c1-41-35-43-20-24(33(45-35)31-19-27-30(47(31)3)10-11-42-34(27)50)6-5-23-16-22(4-9-29(23)37)17-32(49)44-26-8-7-25(28(18-26)36(38,39)40)21-48-14-12-46(2)13-15-48/h4,7-9,16,18-20H,10-15,17,21H2,1-3H3,(H,42,50)(H,44,49)(H,41,43,45). The summed E-state index contributed by atoms with van der Waals surface area (Å²) in [6.07, 6.45) is -2.66. The highest BCUT2D eigenvalue weighted by atomic mass is 19.4. The summed E-state index contributed by atoms with van der Waals surface area (Å²) in [4.78, 5) is 38.4. The number of rotatable bonds is 7. The normalized spacial score (nSPS) is 15.1. The molecule has 10 nitrogen and oxygen atoms in total. The number of halogens is 4. The first-order valence-corrected chi connectivity index (χ1v) is 16.1. The predicted octanol–water partition coefficient (Wildman–Crippen LogP) is 4.30. The van der Waals surface area contributed by atoms with Crippen molar-refractivity contribution in [2.45, 2.75) is 25.6 Å². The van der Waals surface area contributed by atoms with Crippen LogP contribution in [0.5, 0.6) is 0 Å². The van der Waals surface area contributed by atoms with Gasteiger partial charge in [0.1, 0.15) is 11.5 Å². The second-order valence-corrected chi connectivity index (χ2v) is 12.4. The van der Waals surface area contributed by atoms with Gasteiger partial charge in [-0.2, -0.15) is 13.2 Å². The molecule has 0 radical (unpaired) electrons. The van der Waals surface area contributed by atoms with Gasteiger partial charge in [0.15, 0.2) is 0 Å². The average Bonchev–Trinajstić information content (AvgIpc) is 3.43. The maximum absolute atomic E-state index is 14.9. The third kappa shape index (κ3) is 7.64. The first-order valence-electron chi connectivity index (χ1n) is 16.1. The third-order valence-electron chi connectivity index (χ3n) is 8.92. The van der Waals surface area contributed by atoms with Crippen LogP contribution in [0.15, 0.2) is 48.7 Å². The van der Waals surface area contributed by atoms with Crippen molar-refractivity contribution in [3.63, 3.8) is 0 Å². The summed E-state index contributed by atoms with van der Waals surface area (Å²) in [5.41, 5.74) is 2.69. The SMILES string of the molecule is CNc1ncc(C#Cc2cc(CC(=O)Nc3ccc(CN4CCN(C)CC4)c(C(F)(F)F)c3)ccc2F)c(-c2cc3c(n2C)CCNC3=O)n1. The lowest BCUT2D eigenvalue weighted by Crippen LogP contribution is -2.44. The monoisotopic (exact) mass is 688 g/mol. The van der Waals surface area contributed by atoms with E-state index in [-0.39, 0.29) is 35.7 Å². The van der Waals surface area contributed by atoms with Gasteiger partial charge in [-0.05, 0) is 48.5 Å². The molecule has 1 saturated heterocycles. The van der Waals surface area contributed by atoms with E-state index in [1.54, 1.807) is 13.1 Å². The molecule has 0 atom stereocenters. The van der Waals surface area contributed by atoms with Crippen LogP contribution < -0.4 is 16.0 Å². The highest BCUT2D eigenvalue weighted by Gasteiger charge is 2.34. The number of carbonyl (C=O) groups is 2. The van der Waals surface area contributed by atoms with E-state index in [4.69, 9.17) is 0 Å². The van der Waals surface area contributed by atoms with Crippen molar-refractivity contribution in [3.8, 4) is 23.2 Å². The second kappa shape index (κ2) is 14.3. The summed E-state index contributed by atoms with van der Waals surface area (Å²) < 4.78 is 58.9. The number of amides is 2. The molecule has 0 bridgehead atoms. The van der Waals surface area contributed by atoms with Crippen LogP contribution in [0.4, 0.5) is 29.2 Å². The fourth-order valence-electron chi connectivity index (χ4n) is 6.15.